The molecular formula is C21H27ClN2O4S. The molecule has 0 aliphatic heterocycles. The number of rotatable bonds is 10. The molecule has 0 heterocycles. The van der Waals surface area contributed by atoms with Crippen LogP contribution in [-0.2, 0) is 27.9 Å². The maximum atomic E-state index is 12.8. The summed E-state index contributed by atoms with van der Waals surface area (Å²) in [5, 5.41) is 2.91. The van der Waals surface area contributed by atoms with Crippen LogP contribution in [0.4, 0.5) is 0 Å². The lowest BCUT2D eigenvalue weighted by atomic mass is 10.1. The van der Waals surface area contributed by atoms with Crippen LogP contribution in [0.5, 0.6) is 0 Å². The van der Waals surface area contributed by atoms with Crippen molar-refractivity contribution in [1.82, 2.24) is 9.62 Å². The number of nitrogens with one attached hydrogen (secondary N) is 1. The van der Waals surface area contributed by atoms with Gasteiger partial charge < -0.3 is 10.1 Å². The van der Waals surface area contributed by atoms with Crippen LogP contribution in [0.3, 0.4) is 0 Å². The van der Waals surface area contributed by atoms with Gasteiger partial charge >= 0.3 is 0 Å². The van der Waals surface area contributed by atoms with E-state index in [0.29, 0.717) is 32.8 Å². The summed E-state index contributed by atoms with van der Waals surface area (Å²) < 4.78 is 32.2. The van der Waals surface area contributed by atoms with Crippen molar-refractivity contribution >= 4 is 27.5 Å². The van der Waals surface area contributed by atoms with E-state index in [4.69, 9.17) is 16.3 Å². The molecule has 2 aromatic rings. The molecule has 0 radical (unpaired) electrons. The first-order chi connectivity index (χ1) is 13.8. The average Bonchev–Trinajstić information content (AvgIpc) is 2.72. The van der Waals surface area contributed by atoms with Crippen molar-refractivity contribution < 1.29 is 17.9 Å². The van der Waals surface area contributed by atoms with Gasteiger partial charge in [0.05, 0.1) is 11.6 Å². The number of hydrogen-bond acceptors (Lipinski definition) is 4. The molecule has 0 unspecified atom stereocenters. The van der Waals surface area contributed by atoms with E-state index >= 15 is 0 Å². The van der Waals surface area contributed by atoms with Crippen molar-refractivity contribution in [1.29, 1.82) is 0 Å². The number of halogens is 1. The van der Waals surface area contributed by atoms with Gasteiger partial charge in [0.25, 0.3) is 5.91 Å². The maximum absolute atomic E-state index is 12.8. The summed E-state index contributed by atoms with van der Waals surface area (Å²) in [5.74, 6) is -0.365. The molecule has 0 atom stereocenters. The number of benzene rings is 2. The average molecular weight is 439 g/mol. The molecule has 0 spiro atoms. The van der Waals surface area contributed by atoms with Gasteiger partial charge in [-0.3, -0.25) is 4.79 Å². The number of ether oxygens (including phenoxy) is 1. The number of hydrogen-bond donors (Lipinski definition) is 1. The minimum atomic E-state index is -3.76. The Bertz CT molecular complexity index is 926. The fourth-order valence-corrected chi connectivity index (χ4v) is 4.76. The van der Waals surface area contributed by atoms with Crippen molar-refractivity contribution in [2.45, 2.75) is 38.8 Å². The molecule has 1 amide bonds. The van der Waals surface area contributed by atoms with Gasteiger partial charge in [0.1, 0.15) is 4.90 Å². The highest BCUT2D eigenvalue weighted by Gasteiger charge is 2.25. The first-order valence-corrected chi connectivity index (χ1v) is 11.4. The molecule has 0 saturated heterocycles. The fraction of sp³-hybridized carbons (Fsp3) is 0.381. The number of sulfonamides is 1. The van der Waals surface area contributed by atoms with Gasteiger partial charge in [0.15, 0.2) is 0 Å². The molecule has 6 nitrogen and oxygen atoms in total. The first kappa shape index (κ1) is 23.3. The lowest BCUT2D eigenvalue weighted by Crippen LogP contribution is -2.31. The summed E-state index contributed by atoms with van der Waals surface area (Å²) in [5.41, 5.74) is 2.24. The third-order valence-electron chi connectivity index (χ3n) is 4.47. The largest absolute Gasteiger partial charge is 0.377 e. The Balaban J connectivity index is 2.12. The molecule has 0 aromatic heterocycles. The van der Waals surface area contributed by atoms with Crippen LogP contribution in [0.2, 0.25) is 5.02 Å². The molecule has 0 saturated carbocycles. The number of carbonyl (C=O) groups is 1. The van der Waals surface area contributed by atoms with E-state index in [1.54, 1.807) is 13.8 Å². The summed E-state index contributed by atoms with van der Waals surface area (Å²) in [6.07, 6.45) is 0. The molecule has 0 aliphatic carbocycles. The zero-order valence-electron chi connectivity index (χ0n) is 16.9. The van der Waals surface area contributed by atoms with Crippen molar-refractivity contribution in [2.24, 2.45) is 0 Å². The fourth-order valence-electron chi connectivity index (χ4n) is 2.80. The molecule has 2 rings (SSSR count). The predicted molar refractivity (Wildman–Crippen MR) is 115 cm³/mol. The third kappa shape index (κ3) is 6.02. The Hall–Kier alpha value is -1.93. The Labute approximate surface area is 177 Å². The smallest absolute Gasteiger partial charge is 0.251 e. The molecule has 8 heteroatoms. The van der Waals surface area contributed by atoms with Crippen LogP contribution in [0.15, 0.2) is 47.4 Å². The molecule has 0 fully saturated rings. The number of nitrogens with zero attached hydrogens (tertiary/aromatic N) is 1. The molecule has 2 aromatic carbocycles. The van der Waals surface area contributed by atoms with E-state index < -0.39 is 10.0 Å². The van der Waals surface area contributed by atoms with E-state index in [9.17, 15) is 13.2 Å². The molecule has 1 N–H and O–H groups in total. The van der Waals surface area contributed by atoms with Gasteiger partial charge in [-0.05, 0) is 36.2 Å². The third-order valence-corrected chi connectivity index (χ3v) is 7.00. The summed E-state index contributed by atoms with van der Waals surface area (Å²) in [6, 6.07) is 12.0. The van der Waals surface area contributed by atoms with E-state index in [2.05, 4.69) is 5.32 Å². The number of amides is 1. The number of carbonyl (C=O) groups excluding carboxylic acids is 1. The van der Waals surface area contributed by atoms with Gasteiger partial charge in [0, 0.05) is 31.8 Å². The summed E-state index contributed by atoms with van der Waals surface area (Å²) in [7, 11) is -3.76. The highest BCUT2D eigenvalue weighted by molar-refractivity contribution is 7.89. The second-order valence-electron chi connectivity index (χ2n) is 6.37. The summed E-state index contributed by atoms with van der Waals surface area (Å²) in [4.78, 5) is 12.5. The summed E-state index contributed by atoms with van der Waals surface area (Å²) >= 11 is 6.12. The van der Waals surface area contributed by atoms with Gasteiger partial charge in [-0.1, -0.05) is 49.7 Å². The normalized spacial score (nSPS) is 11.6. The first-order valence-electron chi connectivity index (χ1n) is 9.56. The van der Waals surface area contributed by atoms with Crippen molar-refractivity contribution in [2.75, 3.05) is 19.7 Å². The van der Waals surface area contributed by atoms with Gasteiger partial charge in [-0.2, -0.15) is 4.31 Å². The van der Waals surface area contributed by atoms with E-state index in [1.165, 1.54) is 22.5 Å². The van der Waals surface area contributed by atoms with Crippen LogP contribution < -0.4 is 5.32 Å². The Kier molecular flexibility index (Phi) is 8.64. The highest BCUT2D eigenvalue weighted by atomic mass is 35.5. The Morgan fingerprint density at radius 3 is 2.24 bits per heavy atom. The second-order valence-corrected chi connectivity index (χ2v) is 8.68. The van der Waals surface area contributed by atoms with Crippen LogP contribution >= 0.6 is 11.6 Å². The van der Waals surface area contributed by atoms with Crippen LogP contribution in [0.1, 0.15) is 42.3 Å². The molecule has 29 heavy (non-hydrogen) atoms. The zero-order valence-corrected chi connectivity index (χ0v) is 18.5. The predicted octanol–water partition coefficient (Wildman–Crippen LogP) is 3.84. The van der Waals surface area contributed by atoms with Crippen molar-refractivity contribution in [3.8, 4) is 0 Å². The quantitative estimate of drug-likeness (QED) is 0.611. The topological polar surface area (TPSA) is 75.7 Å². The molecular weight excluding hydrogens is 412 g/mol. The highest BCUT2D eigenvalue weighted by Crippen LogP contribution is 2.26. The lowest BCUT2D eigenvalue weighted by Gasteiger charge is -2.19. The Morgan fingerprint density at radius 2 is 1.66 bits per heavy atom. The van der Waals surface area contributed by atoms with Gasteiger partial charge in [0.2, 0.25) is 10.0 Å². The minimum Gasteiger partial charge on any atom is -0.377 e. The van der Waals surface area contributed by atoms with E-state index in [1.807, 2.05) is 31.2 Å². The van der Waals surface area contributed by atoms with E-state index in [-0.39, 0.29) is 21.4 Å². The van der Waals surface area contributed by atoms with Crippen molar-refractivity contribution in [3.05, 3.63) is 64.2 Å². The second kappa shape index (κ2) is 10.7. The molecule has 158 valence electrons. The standard InChI is InChI=1S/C21H27ClN2O4S/c1-4-24(5-2)29(26,27)20-13-18(11-12-19(20)22)21(25)23-14-16-7-9-17(10-8-16)15-28-6-3/h7-13H,4-6,14-15H2,1-3H3,(H,23,25). The van der Waals surface area contributed by atoms with Crippen molar-refractivity contribution in [3.63, 3.8) is 0 Å². The minimum absolute atomic E-state index is 0.0595. The van der Waals surface area contributed by atoms with Gasteiger partial charge in [-0.15, -0.1) is 0 Å². The van der Waals surface area contributed by atoms with Crippen LogP contribution in [-0.4, -0.2) is 38.3 Å². The van der Waals surface area contributed by atoms with Crippen LogP contribution in [0, 0.1) is 0 Å². The van der Waals surface area contributed by atoms with Crippen LogP contribution in [0.25, 0.3) is 0 Å². The molecule has 0 aliphatic rings. The zero-order chi connectivity index (χ0) is 21.4. The summed E-state index contributed by atoms with van der Waals surface area (Å²) in [6.45, 7) is 7.64. The maximum Gasteiger partial charge on any atom is 0.251 e. The monoisotopic (exact) mass is 438 g/mol. The van der Waals surface area contributed by atoms with E-state index in [0.717, 1.165) is 11.1 Å². The molecule has 0 bridgehead atoms. The Morgan fingerprint density at radius 1 is 1.03 bits per heavy atom. The lowest BCUT2D eigenvalue weighted by molar-refractivity contribution is 0.0950. The SMILES string of the molecule is CCOCc1ccc(CNC(=O)c2ccc(Cl)c(S(=O)(=O)N(CC)CC)c2)cc1. The van der Waals surface area contributed by atoms with Gasteiger partial charge in [-0.25, -0.2) is 8.42 Å².